The van der Waals surface area contributed by atoms with E-state index in [-0.39, 0.29) is 18.8 Å². The zero-order chi connectivity index (χ0) is 19.7. The van der Waals surface area contributed by atoms with Gasteiger partial charge in [0.05, 0.1) is 13.2 Å². The summed E-state index contributed by atoms with van der Waals surface area (Å²) in [5, 5.41) is 6.72. The molecule has 0 radical (unpaired) electrons. The minimum absolute atomic E-state index is 0.0984. The molecule has 0 bridgehead atoms. The molecule has 28 heavy (non-hydrogen) atoms. The summed E-state index contributed by atoms with van der Waals surface area (Å²) in [5.74, 6) is -1.35. The Morgan fingerprint density at radius 3 is 1.89 bits per heavy atom. The molecule has 0 heterocycles. The molecule has 0 spiro atoms. The molecule has 0 saturated carbocycles. The third-order valence-corrected chi connectivity index (χ3v) is 4.85. The second-order valence-corrected chi connectivity index (χ2v) is 6.51. The molecule has 0 aliphatic carbocycles. The second-order valence-electron chi connectivity index (χ2n) is 6.51. The average molecular weight is 372 g/mol. The molecule has 4 aromatic carbocycles. The molecular weight excluding hydrogens is 352 g/mol. The summed E-state index contributed by atoms with van der Waals surface area (Å²) >= 11 is 0. The molecular formula is C24H20O4. The topological polar surface area (TPSA) is 52.6 Å². The third kappa shape index (κ3) is 2.97. The lowest BCUT2D eigenvalue weighted by molar-refractivity contribution is -0.146. The maximum atomic E-state index is 12.3. The van der Waals surface area contributed by atoms with Gasteiger partial charge in [0, 0.05) is 0 Å². The summed E-state index contributed by atoms with van der Waals surface area (Å²) in [6.07, 6.45) is 1.57. The van der Waals surface area contributed by atoms with E-state index in [0.29, 0.717) is 0 Å². The van der Waals surface area contributed by atoms with Gasteiger partial charge in [-0.05, 0) is 57.8 Å². The molecule has 0 atom stereocenters. The number of carbonyl (C=O) groups is 2. The van der Waals surface area contributed by atoms with Gasteiger partial charge in [-0.2, -0.15) is 0 Å². The Kier molecular flexibility index (Phi) is 4.70. The average Bonchev–Trinajstić information content (AvgIpc) is 2.71. The first-order chi connectivity index (χ1) is 13.6. The molecule has 0 unspecified atom stereocenters. The summed E-state index contributed by atoms with van der Waals surface area (Å²) in [6.45, 7) is 3.79. The van der Waals surface area contributed by atoms with Gasteiger partial charge >= 0.3 is 11.9 Å². The molecule has 0 fully saturated rings. The van der Waals surface area contributed by atoms with Gasteiger partial charge in [0.1, 0.15) is 5.57 Å². The van der Waals surface area contributed by atoms with E-state index < -0.39 is 11.9 Å². The van der Waals surface area contributed by atoms with Crippen LogP contribution in [0.3, 0.4) is 0 Å². The van der Waals surface area contributed by atoms with Gasteiger partial charge in [-0.1, -0.05) is 54.6 Å². The van der Waals surface area contributed by atoms with Crippen molar-refractivity contribution >= 4 is 50.3 Å². The third-order valence-electron chi connectivity index (χ3n) is 4.85. The molecule has 0 aromatic heterocycles. The lowest BCUT2D eigenvalue weighted by Gasteiger charge is -2.13. The van der Waals surface area contributed by atoms with Gasteiger partial charge in [-0.25, -0.2) is 9.59 Å². The molecule has 0 saturated heterocycles. The van der Waals surface area contributed by atoms with E-state index in [9.17, 15) is 9.59 Å². The summed E-state index contributed by atoms with van der Waals surface area (Å²) in [7, 11) is 0. The Morgan fingerprint density at radius 1 is 0.750 bits per heavy atom. The van der Waals surface area contributed by atoms with E-state index in [1.54, 1.807) is 19.9 Å². The highest BCUT2D eigenvalue weighted by atomic mass is 16.6. The quantitative estimate of drug-likeness (QED) is 0.161. The molecule has 4 nitrogen and oxygen atoms in total. The molecule has 4 heteroatoms. The molecule has 0 aliphatic heterocycles. The van der Waals surface area contributed by atoms with E-state index in [1.807, 2.05) is 24.3 Å². The van der Waals surface area contributed by atoms with Crippen LogP contribution in [0.15, 0.2) is 60.2 Å². The SMILES string of the molecule is CCOC(=O)C(=Cc1ccc2ccc3cccc4ccc1c2c34)C(=O)OCC. The lowest BCUT2D eigenvalue weighted by atomic mass is 9.91. The number of carbonyl (C=O) groups excluding carboxylic acids is 2. The first kappa shape index (κ1) is 18.0. The van der Waals surface area contributed by atoms with Crippen molar-refractivity contribution in [1.29, 1.82) is 0 Å². The fourth-order valence-corrected chi connectivity index (χ4v) is 3.66. The molecule has 4 rings (SSSR count). The zero-order valence-electron chi connectivity index (χ0n) is 15.8. The summed E-state index contributed by atoms with van der Waals surface area (Å²) in [6, 6.07) is 18.5. The summed E-state index contributed by atoms with van der Waals surface area (Å²) < 4.78 is 10.1. The molecule has 0 N–H and O–H groups in total. The van der Waals surface area contributed by atoms with Gasteiger partial charge in [-0.3, -0.25) is 0 Å². The maximum Gasteiger partial charge on any atom is 0.345 e. The monoisotopic (exact) mass is 372 g/mol. The van der Waals surface area contributed by atoms with Crippen molar-refractivity contribution in [2.75, 3.05) is 13.2 Å². The van der Waals surface area contributed by atoms with Crippen LogP contribution in [0, 0.1) is 0 Å². The number of benzene rings is 4. The maximum absolute atomic E-state index is 12.3. The highest BCUT2D eigenvalue weighted by molar-refractivity contribution is 6.25. The van der Waals surface area contributed by atoms with E-state index in [4.69, 9.17) is 9.47 Å². The van der Waals surface area contributed by atoms with Crippen LogP contribution >= 0.6 is 0 Å². The Labute approximate surface area is 162 Å². The zero-order valence-corrected chi connectivity index (χ0v) is 15.8. The van der Waals surface area contributed by atoms with E-state index in [0.717, 1.165) is 32.5 Å². The number of hydrogen-bond acceptors (Lipinski definition) is 4. The predicted octanol–water partition coefficient (Wildman–Crippen LogP) is 5.09. The highest BCUT2D eigenvalue weighted by Crippen LogP contribution is 2.36. The van der Waals surface area contributed by atoms with E-state index in [2.05, 4.69) is 30.3 Å². The Balaban J connectivity index is 1.97. The van der Waals surface area contributed by atoms with Crippen LogP contribution in [-0.2, 0) is 19.1 Å². The Morgan fingerprint density at radius 2 is 1.29 bits per heavy atom. The van der Waals surface area contributed by atoms with Crippen molar-refractivity contribution in [2.24, 2.45) is 0 Å². The second kappa shape index (κ2) is 7.31. The van der Waals surface area contributed by atoms with E-state index >= 15 is 0 Å². The van der Waals surface area contributed by atoms with Crippen molar-refractivity contribution in [3.8, 4) is 0 Å². The van der Waals surface area contributed by atoms with Crippen molar-refractivity contribution < 1.29 is 19.1 Å². The smallest absolute Gasteiger partial charge is 0.345 e. The number of hydrogen-bond donors (Lipinski definition) is 0. The Hall–Kier alpha value is -3.40. The first-order valence-corrected chi connectivity index (χ1v) is 9.36. The highest BCUT2D eigenvalue weighted by Gasteiger charge is 2.21. The van der Waals surface area contributed by atoms with Gasteiger partial charge in [-0.15, -0.1) is 0 Å². The predicted molar refractivity (Wildman–Crippen MR) is 111 cm³/mol. The number of rotatable bonds is 5. The van der Waals surface area contributed by atoms with Crippen LogP contribution in [0.4, 0.5) is 0 Å². The van der Waals surface area contributed by atoms with Gasteiger partial charge in [0.25, 0.3) is 0 Å². The largest absolute Gasteiger partial charge is 0.462 e. The van der Waals surface area contributed by atoms with Crippen molar-refractivity contribution in [3.05, 3.63) is 65.7 Å². The van der Waals surface area contributed by atoms with Crippen LogP contribution in [0.5, 0.6) is 0 Å². The fraction of sp³-hybridized carbons (Fsp3) is 0.167. The first-order valence-electron chi connectivity index (χ1n) is 9.36. The molecule has 140 valence electrons. The molecule has 0 amide bonds. The van der Waals surface area contributed by atoms with Gasteiger partial charge < -0.3 is 9.47 Å². The standard InChI is InChI=1S/C24H20O4/c1-3-27-23(25)20(24(26)28-4-2)14-18-11-10-17-9-8-15-6-5-7-16-12-13-19(18)22(17)21(15)16/h5-14H,3-4H2,1-2H3. The summed E-state index contributed by atoms with van der Waals surface area (Å²) in [5.41, 5.74) is 0.681. The van der Waals surface area contributed by atoms with E-state index in [1.165, 1.54) is 5.39 Å². The van der Waals surface area contributed by atoms with Crippen LogP contribution in [0.2, 0.25) is 0 Å². The van der Waals surface area contributed by atoms with Crippen molar-refractivity contribution in [3.63, 3.8) is 0 Å². The van der Waals surface area contributed by atoms with Crippen LogP contribution in [-0.4, -0.2) is 25.2 Å². The number of ether oxygens (including phenoxy) is 2. The molecule has 0 aliphatic rings. The fourth-order valence-electron chi connectivity index (χ4n) is 3.66. The summed E-state index contributed by atoms with van der Waals surface area (Å²) in [4.78, 5) is 24.7. The Bertz CT molecular complexity index is 1180. The lowest BCUT2D eigenvalue weighted by Crippen LogP contribution is -2.18. The number of esters is 2. The van der Waals surface area contributed by atoms with Crippen molar-refractivity contribution in [1.82, 2.24) is 0 Å². The normalized spacial score (nSPS) is 11.1. The van der Waals surface area contributed by atoms with Crippen LogP contribution in [0.1, 0.15) is 19.4 Å². The van der Waals surface area contributed by atoms with Crippen molar-refractivity contribution in [2.45, 2.75) is 13.8 Å². The van der Waals surface area contributed by atoms with Gasteiger partial charge in [0.15, 0.2) is 0 Å². The van der Waals surface area contributed by atoms with Crippen LogP contribution in [0.25, 0.3) is 38.4 Å². The van der Waals surface area contributed by atoms with Crippen LogP contribution < -0.4 is 0 Å². The van der Waals surface area contributed by atoms with Gasteiger partial charge in [0.2, 0.25) is 0 Å². The molecule has 4 aromatic rings. The minimum atomic E-state index is -0.674. The minimum Gasteiger partial charge on any atom is -0.462 e.